The van der Waals surface area contributed by atoms with Crippen molar-refractivity contribution in [1.82, 2.24) is 9.97 Å². The predicted molar refractivity (Wildman–Crippen MR) is 97.9 cm³/mol. The van der Waals surface area contributed by atoms with Gasteiger partial charge >= 0.3 is 0 Å². The number of methoxy groups -OCH3 is 1. The monoisotopic (exact) mass is 337 g/mol. The zero-order valence-electron chi connectivity index (χ0n) is 14.5. The standard InChI is InChI=1S/C19H23N5O/c1-25-14-6-7-15-16(8-14)22-17(10-21-15)24-11-19(23-18(24)20)9-12-2-4-13(19)5-3-12/h6-8,10,12-13H,2-5,9,11H2,1H3,(H2,20,23). The van der Waals surface area contributed by atoms with Crippen molar-refractivity contribution in [2.24, 2.45) is 22.6 Å². The van der Waals surface area contributed by atoms with Gasteiger partial charge in [0.25, 0.3) is 0 Å². The number of benzene rings is 1. The first-order valence-corrected chi connectivity index (χ1v) is 9.10. The van der Waals surface area contributed by atoms with Crippen molar-refractivity contribution >= 4 is 22.8 Å². The van der Waals surface area contributed by atoms with Gasteiger partial charge in [0.2, 0.25) is 0 Å². The summed E-state index contributed by atoms with van der Waals surface area (Å²) >= 11 is 0. The van der Waals surface area contributed by atoms with Gasteiger partial charge in [0.1, 0.15) is 5.75 Å². The van der Waals surface area contributed by atoms with Crippen LogP contribution in [-0.2, 0) is 0 Å². The third-order valence-corrected chi connectivity index (χ3v) is 6.31. The normalized spacial score (nSPS) is 30.9. The molecule has 6 nitrogen and oxygen atoms in total. The average molecular weight is 337 g/mol. The van der Waals surface area contributed by atoms with E-state index in [0.717, 1.165) is 35.1 Å². The van der Waals surface area contributed by atoms with Gasteiger partial charge < -0.3 is 10.5 Å². The second-order valence-corrected chi connectivity index (χ2v) is 7.66. The molecule has 2 aromatic rings. The molecule has 1 spiro atoms. The second kappa shape index (κ2) is 5.31. The van der Waals surface area contributed by atoms with Crippen LogP contribution >= 0.6 is 0 Å². The van der Waals surface area contributed by atoms with E-state index in [9.17, 15) is 0 Å². The van der Waals surface area contributed by atoms with Crippen molar-refractivity contribution in [3.63, 3.8) is 0 Å². The largest absolute Gasteiger partial charge is 0.497 e. The Bertz CT molecular complexity index is 858. The summed E-state index contributed by atoms with van der Waals surface area (Å²) in [5, 5.41) is 0. The van der Waals surface area contributed by atoms with Crippen molar-refractivity contribution < 1.29 is 4.74 Å². The van der Waals surface area contributed by atoms with Crippen molar-refractivity contribution in [3.8, 4) is 5.75 Å². The van der Waals surface area contributed by atoms with Crippen molar-refractivity contribution in [2.75, 3.05) is 18.6 Å². The molecular formula is C19H23N5O. The van der Waals surface area contributed by atoms with Gasteiger partial charge in [0.05, 0.1) is 36.4 Å². The van der Waals surface area contributed by atoms with E-state index >= 15 is 0 Å². The first-order valence-electron chi connectivity index (χ1n) is 9.10. The molecule has 3 saturated carbocycles. The van der Waals surface area contributed by atoms with E-state index in [2.05, 4.69) is 4.98 Å². The Morgan fingerprint density at radius 1 is 1.20 bits per heavy atom. The van der Waals surface area contributed by atoms with E-state index in [4.69, 9.17) is 20.4 Å². The minimum Gasteiger partial charge on any atom is -0.497 e. The lowest BCUT2D eigenvalue weighted by atomic mass is 9.60. The third kappa shape index (κ3) is 2.27. The Labute approximate surface area is 147 Å². The molecule has 0 saturated heterocycles. The van der Waals surface area contributed by atoms with Crippen LogP contribution in [0.5, 0.6) is 5.75 Å². The highest BCUT2D eigenvalue weighted by Gasteiger charge is 2.51. The first kappa shape index (κ1) is 14.9. The predicted octanol–water partition coefficient (Wildman–Crippen LogP) is 2.72. The summed E-state index contributed by atoms with van der Waals surface area (Å²) in [6.07, 6.45) is 8.27. The van der Waals surface area contributed by atoms with Gasteiger partial charge in [-0.25, -0.2) is 9.98 Å². The van der Waals surface area contributed by atoms with Crippen LogP contribution in [0.4, 0.5) is 5.82 Å². The van der Waals surface area contributed by atoms with Crippen LogP contribution in [0.1, 0.15) is 32.1 Å². The number of guanidine groups is 1. The Hall–Kier alpha value is -2.37. The van der Waals surface area contributed by atoms with Gasteiger partial charge in [0, 0.05) is 6.07 Å². The van der Waals surface area contributed by atoms with Crippen LogP contribution in [-0.4, -0.2) is 35.1 Å². The summed E-state index contributed by atoms with van der Waals surface area (Å²) in [4.78, 5) is 16.3. The smallest absolute Gasteiger partial charge is 0.197 e. The van der Waals surface area contributed by atoms with E-state index in [0.29, 0.717) is 11.9 Å². The van der Waals surface area contributed by atoms with Crippen LogP contribution in [0.15, 0.2) is 29.4 Å². The van der Waals surface area contributed by atoms with Crippen LogP contribution in [0.3, 0.4) is 0 Å². The second-order valence-electron chi connectivity index (χ2n) is 7.66. The van der Waals surface area contributed by atoms with E-state index in [-0.39, 0.29) is 5.54 Å². The molecule has 130 valence electrons. The summed E-state index contributed by atoms with van der Waals surface area (Å²) in [6.45, 7) is 0.837. The van der Waals surface area contributed by atoms with Gasteiger partial charge in [-0.3, -0.25) is 9.88 Å². The highest BCUT2D eigenvalue weighted by molar-refractivity contribution is 5.97. The molecule has 3 aliphatic carbocycles. The van der Waals surface area contributed by atoms with Crippen LogP contribution < -0.4 is 15.4 Å². The number of nitrogens with zero attached hydrogens (tertiary/aromatic N) is 4. The fourth-order valence-corrected chi connectivity index (χ4v) is 5.02. The highest BCUT2D eigenvalue weighted by Crippen LogP contribution is 2.51. The molecule has 1 aliphatic heterocycles. The van der Waals surface area contributed by atoms with Crippen molar-refractivity contribution in [3.05, 3.63) is 24.4 Å². The zero-order chi connectivity index (χ0) is 17.0. The van der Waals surface area contributed by atoms with Gasteiger partial charge in [-0.1, -0.05) is 12.8 Å². The molecule has 6 rings (SSSR count). The third-order valence-electron chi connectivity index (χ3n) is 6.31. The first-order chi connectivity index (χ1) is 12.2. The minimum atomic E-state index is -0.00371. The number of anilines is 1. The molecule has 25 heavy (non-hydrogen) atoms. The molecule has 3 fully saturated rings. The number of rotatable bonds is 2. The lowest BCUT2D eigenvalue weighted by Gasteiger charge is -2.47. The summed E-state index contributed by atoms with van der Waals surface area (Å²) in [7, 11) is 1.66. The summed E-state index contributed by atoms with van der Waals surface area (Å²) < 4.78 is 5.30. The van der Waals surface area contributed by atoms with Crippen molar-refractivity contribution in [2.45, 2.75) is 37.6 Å². The number of hydrogen-bond acceptors (Lipinski definition) is 6. The van der Waals surface area contributed by atoms with Crippen LogP contribution in [0.25, 0.3) is 11.0 Å². The number of fused-ring (bicyclic) bond motifs is 3. The molecular weight excluding hydrogens is 314 g/mol. The molecule has 6 heteroatoms. The number of ether oxygens (including phenoxy) is 1. The average Bonchev–Trinajstić information content (AvgIpc) is 2.97. The van der Waals surface area contributed by atoms with Crippen LogP contribution in [0.2, 0.25) is 0 Å². The van der Waals surface area contributed by atoms with E-state index < -0.39 is 0 Å². The molecule has 0 amide bonds. The topological polar surface area (TPSA) is 76.6 Å². The Kier molecular flexibility index (Phi) is 3.17. The minimum absolute atomic E-state index is 0.00371. The van der Waals surface area contributed by atoms with E-state index in [1.165, 1.54) is 32.1 Å². The Morgan fingerprint density at radius 3 is 2.76 bits per heavy atom. The lowest BCUT2D eigenvalue weighted by Crippen LogP contribution is -2.49. The number of hydrogen-bond donors (Lipinski definition) is 1. The van der Waals surface area contributed by atoms with E-state index in [1.807, 2.05) is 23.1 Å². The fourth-order valence-electron chi connectivity index (χ4n) is 5.02. The molecule has 2 bridgehead atoms. The van der Waals surface area contributed by atoms with Gasteiger partial charge in [-0.05, 0) is 43.2 Å². The molecule has 1 aromatic heterocycles. The van der Waals surface area contributed by atoms with E-state index in [1.54, 1.807) is 13.3 Å². The number of nitrogens with two attached hydrogens (primary N) is 1. The number of aliphatic imine (C=N–C) groups is 1. The zero-order valence-corrected chi connectivity index (χ0v) is 14.5. The summed E-state index contributed by atoms with van der Waals surface area (Å²) in [6, 6.07) is 5.73. The maximum atomic E-state index is 6.33. The molecule has 4 aliphatic rings. The summed E-state index contributed by atoms with van der Waals surface area (Å²) in [5.74, 6) is 3.62. The highest BCUT2D eigenvalue weighted by atomic mass is 16.5. The van der Waals surface area contributed by atoms with Gasteiger partial charge in [-0.15, -0.1) is 0 Å². The maximum absolute atomic E-state index is 6.33. The van der Waals surface area contributed by atoms with Gasteiger partial charge in [0.15, 0.2) is 11.8 Å². The number of aromatic nitrogens is 2. The molecule has 1 atom stereocenters. The SMILES string of the molecule is COc1ccc2ncc(N3CC4(CC5CCC4CC5)N=C3N)nc2c1. The molecule has 1 unspecified atom stereocenters. The fraction of sp³-hybridized carbons (Fsp3) is 0.526. The summed E-state index contributed by atoms with van der Waals surface area (Å²) in [5.41, 5.74) is 8.00. The maximum Gasteiger partial charge on any atom is 0.197 e. The molecule has 2 N–H and O–H groups in total. The lowest BCUT2D eigenvalue weighted by molar-refractivity contribution is 0.0830. The van der Waals surface area contributed by atoms with Crippen molar-refractivity contribution in [1.29, 1.82) is 0 Å². The quantitative estimate of drug-likeness (QED) is 0.912. The molecule has 1 aromatic carbocycles. The van der Waals surface area contributed by atoms with Gasteiger partial charge in [-0.2, -0.15) is 0 Å². The Morgan fingerprint density at radius 2 is 2.04 bits per heavy atom. The molecule has 0 radical (unpaired) electrons. The Balaban J connectivity index is 1.50. The van der Waals surface area contributed by atoms with Crippen LogP contribution in [0, 0.1) is 11.8 Å². The molecule has 2 heterocycles.